The average Bonchev–Trinajstić information content (AvgIpc) is 3.40. The molecule has 32 heavy (non-hydrogen) atoms. The molecule has 1 saturated carbocycles. The fraction of sp³-hybridized carbons (Fsp3) is 0.682. The van der Waals surface area contributed by atoms with Crippen LogP contribution in [0.15, 0.2) is 12.3 Å². The van der Waals surface area contributed by atoms with Crippen LogP contribution in [0.25, 0.3) is 11.4 Å². The molecule has 176 valence electrons. The number of ether oxygens (including phenoxy) is 1. The molecular formula is C22H29F4N5O. The van der Waals surface area contributed by atoms with Gasteiger partial charge in [0.2, 0.25) is 0 Å². The maximum atomic E-state index is 14.1. The lowest BCUT2D eigenvalue weighted by atomic mass is 10.1. The average molecular weight is 456 g/mol. The lowest BCUT2D eigenvalue weighted by molar-refractivity contribution is -0.143. The summed E-state index contributed by atoms with van der Waals surface area (Å²) in [4.78, 5) is 10.4. The Morgan fingerprint density at radius 3 is 2.69 bits per heavy atom. The number of hydrogen-bond donors (Lipinski definition) is 0. The van der Waals surface area contributed by atoms with Crippen molar-refractivity contribution in [1.29, 1.82) is 0 Å². The van der Waals surface area contributed by atoms with Crippen molar-refractivity contribution in [2.24, 2.45) is 0 Å². The molecule has 0 spiro atoms. The smallest absolute Gasteiger partial charge is 0.376 e. The molecule has 2 aliphatic rings. The number of aromatic nitrogens is 4. The second kappa shape index (κ2) is 9.05. The molecule has 0 radical (unpaired) electrons. The van der Waals surface area contributed by atoms with E-state index in [1.807, 2.05) is 18.5 Å². The van der Waals surface area contributed by atoms with E-state index in [4.69, 9.17) is 4.74 Å². The Morgan fingerprint density at radius 1 is 1.25 bits per heavy atom. The lowest BCUT2D eigenvalue weighted by Crippen LogP contribution is -2.46. The highest BCUT2D eigenvalue weighted by atomic mass is 19.4. The van der Waals surface area contributed by atoms with Gasteiger partial charge in [0.1, 0.15) is 5.82 Å². The Bertz CT molecular complexity index is 945. The predicted molar refractivity (Wildman–Crippen MR) is 111 cm³/mol. The quantitative estimate of drug-likeness (QED) is 0.605. The summed E-state index contributed by atoms with van der Waals surface area (Å²) in [6.07, 6.45) is 0.382. The van der Waals surface area contributed by atoms with Gasteiger partial charge < -0.3 is 4.74 Å². The van der Waals surface area contributed by atoms with Gasteiger partial charge in [-0.1, -0.05) is 6.92 Å². The molecule has 0 amide bonds. The van der Waals surface area contributed by atoms with Crippen molar-refractivity contribution in [2.45, 2.75) is 76.7 Å². The zero-order chi connectivity index (χ0) is 23.0. The van der Waals surface area contributed by atoms with Crippen LogP contribution in [0.1, 0.15) is 69.9 Å². The van der Waals surface area contributed by atoms with Crippen molar-refractivity contribution < 1.29 is 22.3 Å². The van der Waals surface area contributed by atoms with Gasteiger partial charge >= 0.3 is 6.18 Å². The van der Waals surface area contributed by atoms with Crippen LogP contribution < -0.4 is 0 Å². The minimum absolute atomic E-state index is 0.0189. The molecule has 0 unspecified atom stereocenters. The largest absolute Gasteiger partial charge is 0.436 e. The minimum atomic E-state index is -4.84. The van der Waals surface area contributed by atoms with Crippen molar-refractivity contribution in [3.63, 3.8) is 0 Å². The molecule has 0 N–H and O–H groups in total. The van der Waals surface area contributed by atoms with Crippen LogP contribution in [0.5, 0.6) is 0 Å². The van der Waals surface area contributed by atoms with Gasteiger partial charge in [0, 0.05) is 42.9 Å². The van der Waals surface area contributed by atoms with E-state index in [1.54, 1.807) is 0 Å². The Kier molecular flexibility index (Phi) is 6.53. The third kappa shape index (κ3) is 4.66. The van der Waals surface area contributed by atoms with E-state index in [2.05, 4.69) is 26.9 Å². The molecule has 0 aromatic carbocycles. The van der Waals surface area contributed by atoms with Crippen molar-refractivity contribution in [3.8, 4) is 11.4 Å². The predicted octanol–water partition coefficient (Wildman–Crippen LogP) is 4.83. The topological polar surface area (TPSA) is 56.1 Å². The Labute approximate surface area is 185 Å². The molecule has 2 aromatic rings. The summed E-state index contributed by atoms with van der Waals surface area (Å²) in [5, 5.41) is 4.50. The number of alkyl halides is 3. The number of rotatable bonds is 5. The maximum absolute atomic E-state index is 14.1. The molecule has 1 saturated heterocycles. The van der Waals surface area contributed by atoms with Gasteiger partial charge in [-0.3, -0.25) is 4.90 Å². The second-order valence-corrected chi connectivity index (χ2v) is 8.94. The summed E-state index contributed by atoms with van der Waals surface area (Å²) in [7, 11) is 0. The molecule has 2 fully saturated rings. The summed E-state index contributed by atoms with van der Waals surface area (Å²) >= 11 is 0. The first-order valence-corrected chi connectivity index (χ1v) is 11.2. The number of halogens is 4. The van der Waals surface area contributed by atoms with Crippen LogP contribution in [0.3, 0.4) is 0 Å². The number of hydrogen-bond acceptors (Lipinski definition) is 5. The molecular weight excluding hydrogens is 426 g/mol. The van der Waals surface area contributed by atoms with E-state index < -0.39 is 17.7 Å². The molecule has 3 atom stereocenters. The first-order valence-electron chi connectivity index (χ1n) is 11.2. The van der Waals surface area contributed by atoms with Gasteiger partial charge in [-0.15, -0.1) is 0 Å². The van der Waals surface area contributed by atoms with Crippen LogP contribution in [-0.2, 0) is 10.9 Å². The molecule has 6 nitrogen and oxygen atoms in total. The zero-order valence-corrected chi connectivity index (χ0v) is 18.6. The van der Waals surface area contributed by atoms with Gasteiger partial charge in [0.25, 0.3) is 0 Å². The van der Waals surface area contributed by atoms with Crippen LogP contribution in [0, 0.1) is 5.82 Å². The molecule has 0 bridgehead atoms. The molecule has 2 aromatic heterocycles. The van der Waals surface area contributed by atoms with Gasteiger partial charge in [0.15, 0.2) is 17.3 Å². The highest BCUT2D eigenvalue weighted by Gasteiger charge is 2.37. The first-order chi connectivity index (χ1) is 15.2. The molecule has 10 heteroatoms. The third-order valence-corrected chi connectivity index (χ3v) is 6.43. The van der Waals surface area contributed by atoms with Gasteiger partial charge in [-0.2, -0.15) is 18.3 Å². The van der Waals surface area contributed by atoms with E-state index in [0.29, 0.717) is 6.04 Å². The molecule has 1 aliphatic heterocycles. The SMILES string of the molecule is CC[C@H]1CN([C@@H]2CC[C@H](c3nc(-c4cnc(C(F)(F)F)c(F)c4)nn3C(C)C)C2)CCO1. The number of morpholine rings is 1. The second-order valence-electron chi connectivity index (χ2n) is 8.94. The Balaban J connectivity index is 1.56. The van der Waals surface area contributed by atoms with Gasteiger partial charge in [-0.05, 0) is 45.6 Å². The van der Waals surface area contributed by atoms with Crippen LogP contribution in [-0.4, -0.2) is 56.5 Å². The third-order valence-electron chi connectivity index (χ3n) is 6.43. The van der Waals surface area contributed by atoms with Crippen LogP contribution >= 0.6 is 0 Å². The van der Waals surface area contributed by atoms with E-state index >= 15 is 0 Å². The summed E-state index contributed by atoms with van der Waals surface area (Å²) < 4.78 is 60.2. The summed E-state index contributed by atoms with van der Waals surface area (Å²) in [5.41, 5.74) is -1.39. The Hall–Kier alpha value is -2.07. The van der Waals surface area contributed by atoms with Crippen molar-refractivity contribution in [1.82, 2.24) is 24.6 Å². The highest BCUT2D eigenvalue weighted by Crippen LogP contribution is 2.38. The first kappa shape index (κ1) is 23.1. The molecule has 4 rings (SSSR count). The van der Waals surface area contributed by atoms with Crippen molar-refractivity contribution >= 4 is 0 Å². The fourth-order valence-corrected chi connectivity index (χ4v) is 4.73. The highest BCUT2D eigenvalue weighted by molar-refractivity contribution is 5.53. The zero-order valence-electron chi connectivity index (χ0n) is 18.6. The molecule has 1 aliphatic carbocycles. The van der Waals surface area contributed by atoms with E-state index in [0.717, 1.165) is 63.5 Å². The summed E-state index contributed by atoms with van der Waals surface area (Å²) in [6, 6.07) is 1.28. The fourth-order valence-electron chi connectivity index (χ4n) is 4.73. The monoisotopic (exact) mass is 455 g/mol. The van der Waals surface area contributed by atoms with Crippen molar-refractivity contribution in [3.05, 3.63) is 29.6 Å². The van der Waals surface area contributed by atoms with Crippen LogP contribution in [0.2, 0.25) is 0 Å². The van der Waals surface area contributed by atoms with Gasteiger partial charge in [-0.25, -0.2) is 19.0 Å². The number of pyridine rings is 1. The van der Waals surface area contributed by atoms with Crippen molar-refractivity contribution in [2.75, 3.05) is 19.7 Å². The van der Waals surface area contributed by atoms with E-state index in [1.165, 1.54) is 0 Å². The lowest BCUT2D eigenvalue weighted by Gasteiger charge is -2.36. The Morgan fingerprint density at radius 2 is 2.03 bits per heavy atom. The number of nitrogens with zero attached hydrogens (tertiary/aromatic N) is 5. The summed E-state index contributed by atoms with van der Waals surface area (Å²) in [5.74, 6) is -0.220. The molecule has 3 heterocycles. The maximum Gasteiger partial charge on any atom is 0.436 e. The minimum Gasteiger partial charge on any atom is -0.376 e. The van der Waals surface area contributed by atoms with E-state index in [9.17, 15) is 17.6 Å². The van der Waals surface area contributed by atoms with Crippen LogP contribution in [0.4, 0.5) is 17.6 Å². The standard InChI is InChI=1S/C22H29F4N5O/c1-4-17-12-30(7-8-32-17)16-6-5-14(9-16)21-28-20(29-31(21)13(2)3)15-10-18(23)19(27-11-15)22(24,25)26/h10-11,13-14,16-17H,4-9,12H2,1-3H3/t14-,16+,17-/m0/s1. The van der Waals surface area contributed by atoms with E-state index in [-0.39, 0.29) is 29.5 Å². The summed E-state index contributed by atoms with van der Waals surface area (Å²) in [6.45, 7) is 8.70. The van der Waals surface area contributed by atoms with Gasteiger partial charge in [0.05, 0.1) is 12.7 Å². The normalized spacial score (nSPS) is 25.1.